The van der Waals surface area contributed by atoms with E-state index in [0.717, 1.165) is 12.8 Å². The van der Waals surface area contributed by atoms with Crippen molar-refractivity contribution in [3.05, 3.63) is 51.2 Å². The quantitative estimate of drug-likeness (QED) is 0.442. The van der Waals surface area contributed by atoms with Crippen LogP contribution < -0.4 is 5.43 Å². The Bertz CT molecular complexity index is 970. The van der Waals surface area contributed by atoms with E-state index in [1.165, 1.54) is 37.3 Å². The molecular formula is C20H20ClN3O4. The van der Waals surface area contributed by atoms with Crippen molar-refractivity contribution in [2.45, 2.75) is 32.6 Å². The molecule has 0 aliphatic heterocycles. The fraction of sp³-hybridized carbons (Fsp3) is 0.400. The Hall–Kier alpha value is -2.67. The standard InChI is InChI=1S/C20H20ClN3O4/c1-20-9-3-2-4-15(20)18(20)19(25)23-22-11-13-6-8-17(28-13)14-7-5-12(24(26)27)10-16(14)21/h5-8,10-11,15,18H,2-4,9H2,1H3,(H,23,25)/b22-11-/t15-,18-,20-/m0/s1. The molecule has 2 aliphatic rings. The Balaban J connectivity index is 1.40. The fourth-order valence-corrected chi connectivity index (χ4v) is 4.73. The minimum Gasteiger partial charge on any atom is -0.455 e. The monoisotopic (exact) mass is 401 g/mol. The average molecular weight is 402 g/mol. The number of nitro groups is 1. The van der Waals surface area contributed by atoms with Gasteiger partial charge >= 0.3 is 0 Å². The second-order valence-electron chi connectivity index (χ2n) is 7.69. The van der Waals surface area contributed by atoms with Crippen LogP contribution in [0.15, 0.2) is 39.9 Å². The van der Waals surface area contributed by atoms with Crippen molar-refractivity contribution in [2.75, 3.05) is 0 Å². The van der Waals surface area contributed by atoms with E-state index in [2.05, 4.69) is 17.5 Å². The average Bonchev–Trinajstić information content (AvgIpc) is 3.03. The van der Waals surface area contributed by atoms with E-state index >= 15 is 0 Å². The summed E-state index contributed by atoms with van der Waals surface area (Å²) in [5.41, 5.74) is 3.23. The topological polar surface area (TPSA) is 97.7 Å². The number of carbonyl (C=O) groups is 1. The zero-order valence-corrected chi connectivity index (χ0v) is 16.1. The van der Waals surface area contributed by atoms with E-state index in [1.54, 1.807) is 12.1 Å². The number of hydrogen-bond donors (Lipinski definition) is 1. The lowest BCUT2D eigenvalue weighted by molar-refractivity contribution is -0.384. The second-order valence-corrected chi connectivity index (χ2v) is 8.10. The molecule has 1 heterocycles. The van der Waals surface area contributed by atoms with Crippen molar-refractivity contribution in [1.29, 1.82) is 0 Å². The van der Waals surface area contributed by atoms with Gasteiger partial charge in [0.1, 0.15) is 11.5 Å². The summed E-state index contributed by atoms with van der Waals surface area (Å²) in [5, 5.41) is 15.0. The van der Waals surface area contributed by atoms with Crippen LogP contribution in [0, 0.1) is 27.4 Å². The maximum Gasteiger partial charge on any atom is 0.270 e. The van der Waals surface area contributed by atoms with Crippen LogP contribution >= 0.6 is 11.6 Å². The van der Waals surface area contributed by atoms with E-state index in [1.807, 2.05) is 0 Å². The van der Waals surface area contributed by atoms with Gasteiger partial charge in [-0.1, -0.05) is 31.4 Å². The van der Waals surface area contributed by atoms with Gasteiger partial charge in [-0.15, -0.1) is 0 Å². The van der Waals surface area contributed by atoms with E-state index in [4.69, 9.17) is 16.0 Å². The maximum atomic E-state index is 12.4. The summed E-state index contributed by atoms with van der Waals surface area (Å²) >= 11 is 6.12. The van der Waals surface area contributed by atoms with Gasteiger partial charge in [-0.3, -0.25) is 14.9 Å². The van der Waals surface area contributed by atoms with Gasteiger partial charge in [0.2, 0.25) is 5.91 Å². The van der Waals surface area contributed by atoms with Crippen LogP contribution in [0.25, 0.3) is 11.3 Å². The van der Waals surface area contributed by atoms with Gasteiger partial charge in [0, 0.05) is 23.6 Å². The molecule has 0 unspecified atom stereocenters. The minimum atomic E-state index is -0.505. The summed E-state index contributed by atoms with van der Waals surface area (Å²) in [4.78, 5) is 22.7. The van der Waals surface area contributed by atoms with Crippen molar-refractivity contribution in [3.8, 4) is 11.3 Å². The molecule has 3 atom stereocenters. The van der Waals surface area contributed by atoms with Crippen LogP contribution in [0.4, 0.5) is 5.69 Å². The zero-order valence-electron chi connectivity index (χ0n) is 15.4. The lowest BCUT2D eigenvalue weighted by Gasteiger charge is -2.15. The van der Waals surface area contributed by atoms with Gasteiger partial charge < -0.3 is 4.42 Å². The number of nitro benzene ring substituents is 1. The number of rotatable bonds is 5. The highest BCUT2D eigenvalue weighted by Crippen LogP contribution is 2.66. The number of furan rings is 1. The number of hydrogen-bond acceptors (Lipinski definition) is 5. The molecule has 1 aromatic heterocycles. The lowest BCUT2D eigenvalue weighted by atomic mass is 9.90. The van der Waals surface area contributed by atoms with Gasteiger partial charge in [-0.2, -0.15) is 5.10 Å². The van der Waals surface area contributed by atoms with E-state index < -0.39 is 4.92 Å². The first kappa shape index (κ1) is 18.7. The van der Waals surface area contributed by atoms with Crippen LogP contribution in [0.5, 0.6) is 0 Å². The van der Waals surface area contributed by atoms with Crippen LogP contribution in [0.2, 0.25) is 5.02 Å². The molecule has 146 valence electrons. The fourth-order valence-electron chi connectivity index (χ4n) is 4.46. The first-order valence-corrected chi connectivity index (χ1v) is 9.65. The number of halogens is 1. The third-order valence-corrected chi connectivity index (χ3v) is 6.35. The van der Waals surface area contributed by atoms with Gasteiger partial charge in [0.05, 0.1) is 16.2 Å². The van der Waals surface area contributed by atoms with Crippen molar-refractivity contribution in [3.63, 3.8) is 0 Å². The largest absolute Gasteiger partial charge is 0.455 e. The highest BCUT2D eigenvalue weighted by Gasteiger charge is 2.64. The van der Waals surface area contributed by atoms with Crippen LogP contribution in [-0.2, 0) is 4.79 Å². The summed E-state index contributed by atoms with van der Waals surface area (Å²) in [7, 11) is 0. The summed E-state index contributed by atoms with van der Waals surface area (Å²) in [6, 6.07) is 7.58. The molecule has 0 bridgehead atoms. The Morgan fingerprint density at radius 2 is 2.21 bits per heavy atom. The molecule has 2 fully saturated rings. The Morgan fingerprint density at radius 1 is 1.39 bits per heavy atom. The highest BCUT2D eigenvalue weighted by atomic mass is 35.5. The molecule has 8 heteroatoms. The number of nitrogens with zero attached hydrogens (tertiary/aromatic N) is 2. The molecule has 1 amide bonds. The molecule has 0 radical (unpaired) electrons. The van der Waals surface area contributed by atoms with E-state index in [-0.39, 0.29) is 28.0 Å². The molecular weight excluding hydrogens is 382 g/mol. The SMILES string of the molecule is C[C@]12CCCC[C@H]1[C@H]2C(=O)N/N=C\c1ccc(-c2ccc([N+](=O)[O-])cc2Cl)o1. The Morgan fingerprint density at radius 3 is 2.89 bits per heavy atom. The second kappa shape index (κ2) is 7.05. The summed E-state index contributed by atoms with van der Waals surface area (Å²) in [6.45, 7) is 2.19. The number of carbonyl (C=O) groups excluding carboxylic acids is 1. The van der Waals surface area contributed by atoms with E-state index in [0.29, 0.717) is 23.0 Å². The minimum absolute atomic E-state index is 0.0316. The number of nitrogens with one attached hydrogen (secondary N) is 1. The molecule has 7 nitrogen and oxygen atoms in total. The van der Waals surface area contributed by atoms with Crippen LogP contribution in [-0.4, -0.2) is 17.0 Å². The molecule has 1 aromatic carbocycles. The van der Waals surface area contributed by atoms with Crippen molar-refractivity contribution in [1.82, 2.24) is 5.43 Å². The molecule has 0 spiro atoms. The summed E-state index contributed by atoms with van der Waals surface area (Å²) in [6.07, 6.45) is 6.07. The molecule has 2 saturated carbocycles. The maximum absolute atomic E-state index is 12.4. The zero-order chi connectivity index (χ0) is 19.9. The molecule has 0 saturated heterocycles. The van der Waals surface area contributed by atoms with Crippen LogP contribution in [0.3, 0.4) is 0 Å². The Labute approximate surface area is 166 Å². The van der Waals surface area contributed by atoms with Crippen molar-refractivity contribution >= 4 is 29.4 Å². The smallest absolute Gasteiger partial charge is 0.270 e. The molecule has 4 rings (SSSR count). The van der Waals surface area contributed by atoms with Crippen molar-refractivity contribution in [2.24, 2.45) is 22.4 Å². The van der Waals surface area contributed by atoms with Gasteiger partial charge in [0.25, 0.3) is 5.69 Å². The van der Waals surface area contributed by atoms with Crippen LogP contribution in [0.1, 0.15) is 38.4 Å². The third kappa shape index (κ3) is 3.30. The number of amides is 1. The lowest BCUT2D eigenvalue weighted by Crippen LogP contribution is -2.22. The molecule has 1 N–H and O–H groups in total. The number of benzene rings is 1. The molecule has 2 aromatic rings. The highest BCUT2D eigenvalue weighted by molar-refractivity contribution is 6.33. The summed E-state index contributed by atoms with van der Waals surface area (Å²) in [5.74, 6) is 1.42. The third-order valence-electron chi connectivity index (χ3n) is 6.04. The first-order valence-electron chi connectivity index (χ1n) is 9.27. The first-order chi connectivity index (χ1) is 13.4. The molecule has 28 heavy (non-hydrogen) atoms. The number of non-ortho nitro benzene ring substituents is 1. The van der Waals surface area contributed by atoms with Gasteiger partial charge in [-0.25, -0.2) is 5.43 Å². The molecule has 2 aliphatic carbocycles. The Kier molecular flexibility index (Phi) is 4.71. The van der Waals surface area contributed by atoms with Gasteiger partial charge in [-0.05, 0) is 42.4 Å². The number of hydrazone groups is 1. The van der Waals surface area contributed by atoms with Crippen molar-refractivity contribution < 1.29 is 14.1 Å². The van der Waals surface area contributed by atoms with Gasteiger partial charge in [0.15, 0.2) is 0 Å². The summed E-state index contributed by atoms with van der Waals surface area (Å²) < 4.78 is 5.67. The predicted octanol–water partition coefficient (Wildman–Crippen LogP) is 4.78. The van der Waals surface area contributed by atoms with E-state index in [9.17, 15) is 14.9 Å². The number of fused-ring (bicyclic) bond motifs is 1. The predicted molar refractivity (Wildman–Crippen MR) is 105 cm³/mol. The normalized spacial score (nSPS) is 26.1.